The van der Waals surface area contributed by atoms with Crippen LogP contribution in [0.4, 0.5) is 0 Å². The highest BCUT2D eigenvalue weighted by Crippen LogP contribution is 2.66. The molecule has 1 heterocycles. The van der Waals surface area contributed by atoms with Gasteiger partial charge in [0, 0.05) is 5.41 Å². The normalized spacial score (nSPS) is 33.4. The van der Waals surface area contributed by atoms with Crippen LogP contribution < -0.4 is 0 Å². The molecular formula is C25H45NO4SSi. The van der Waals surface area contributed by atoms with Gasteiger partial charge in [-0.2, -0.15) is 0 Å². The molecule has 3 fully saturated rings. The van der Waals surface area contributed by atoms with E-state index in [2.05, 4.69) is 54.3 Å². The summed E-state index contributed by atoms with van der Waals surface area (Å²) in [5.74, 6) is 0.775. The van der Waals surface area contributed by atoms with Crippen LogP contribution in [0.25, 0.3) is 0 Å². The fraction of sp³-hybridized carbons (Fsp3) is 0.880. The van der Waals surface area contributed by atoms with Gasteiger partial charge < -0.3 is 4.43 Å². The summed E-state index contributed by atoms with van der Waals surface area (Å²) in [5.41, 5.74) is -0.246. The van der Waals surface area contributed by atoms with Crippen molar-refractivity contribution in [1.82, 2.24) is 4.31 Å². The number of nitrogens with zero attached hydrogens (tertiary/aromatic N) is 1. The van der Waals surface area contributed by atoms with Gasteiger partial charge in [0.2, 0.25) is 15.9 Å². The zero-order chi connectivity index (χ0) is 24.3. The molecule has 5 nitrogen and oxygen atoms in total. The molecule has 1 aliphatic heterocycles. The number of allylic oxidation sites excluding steroid dienone is 1. The summed E-state index contributed by atoms with van der Waals surface area (Å²) in [6, 6.07) is -0.165. The van der Waals surface area contributed by atoms with Gasteiger partial charge in [-0.15, -0.1) is 6.58 Å². The number of hydrogen-bond acceptors (Lipinski definition) is 4. The van der Waals surface area contributed by atoms with Crippen LogP contribution in [0.5, 0.6) is 0 Å². The first-order chi connectivity index (χ1) is 14.6. The predicted octanol–water partition coefficient (Wildman–Crippen LogP) is 5.59. The summed E-state index contributed by atoms with van der Waals surface area (Å²) in [6.45, 7) is 21.1. The summed E-state index contributed by atoms with van der Waals surface area (Å²) < 4.78 is 34.9. The van der Waals surface area contributed by atoms with Gasteiger partial charge in [-0.3, -0.25) is 4.79 Å². The van der Waals surface area contributed by atoms with Crippen molar-refractivity contribution < 1.29 is 17.6 Å². The van der Waals surface area contributed by atoms with E-state index in [4.69, 9.17) is 4.43 Å². The van der Waals surface area contributed by atoms with Crippen molar-refractivity contribution in [3.05, 3.63) is 12.7 Å². The molecule has 6 atom stereocenters. The van der Waals surface area contributed by atoms with E-state index >= 15 is 0 Å². The van der Waals surface area contributed by atoms with Gasteiger partial charge in [0.15, 0.2) is 8.32 Å². The van der Waals surface area contributed by atoms with Gasteiger partial charge in [-0.05, 0) is 68.0 Å². The van der Waals surface area contributed by atoms with Crippen molar-refractivity contribution in [2.24, 2.45) is 29.1 Å². The number of rotatable bonds is 8. The molecule has 1 saturated heterocycles. The first-order valence-electron chi connectivity index (χ1n) is 12.4. The largest absolute Gasteiger partial charge is 0.413 e. The monoisotopic (exact) mass is 483 g/mol. The van der Waals surface area contributed by atoms with Crippen molar-refractivity contribution >= 4 is 24.2 Å². The van der Waals surface area contributed by atoms with Crippen molar-refractivity contribution in [1.29, 1.82) is 0 Å². The van der Waals surface area contributed by atoms with Crippen LogP contribution in [0.1, 0.15) is 73.6 Å². The minimum atomic E-state index is -3.61. The van der Waals surface area contributed by atoms with Crippen LogP contribution in [0.3, 0.4) is 0 Å². The second-order valence-electron chi connectivity index (χ2n) is 12.5. The first-order valence-corrected chi connectivity index (χ1v) is 17.0. The Morgan fingerprint density at radius 3 is 2.44 bits per heavy atom. The fourth-order valence-electron chi connectivity index (χ4n) is 6.75. The molecule has 32 heavy (non-hydrogen) atoms. The Bertz CT molecular complexity index is 846. The van der Waals surface area contributed by atoms with Gasteiger partial charge in [-0.25, -0.2) is 12.7 Å². The Hall–Kier alpha value is -0.663. The summed E-state index contributed by atoms with van der Waals surface area (Å²) in [7, 11) is -5.73. The highest BCUT2D eigenvalue weighted by Gasteiger charge is 2.69. The number of carbonyl (C=O) groups is 1. The van der Waals surface area contributed by atoms with Crippen LogP contribution in [-0.4, -0.2) is 44.8 Å². The van der Waals surface area contributed by atoms with E-state index < -0.39 is 24.3 Å². The molecule has 0 radical (unpaired) electrons. The van der Waals surface area contributed by atoms with Gasteiger partial charge in [0.05, 0.1) is 23.8 Å². The topological polar surface area (TPSA) is 63.7 Å². The average Bonchev–Trinajstić information content (AvgIpc) is 3.22. The van der Waals surface area contributed by atoms with Crippen LogP contribution in [0.2, 0.25) is 18.1 Å². The van der Waals surface area contributed by atoms with Crippen LogP contribution in [0.15, 0.2) is 12.7 Å². The molecule has 0 N–H and O–H groups in total. The lowest BCUT2D eigenvalue weighted by atomic mass is 9.73. The van der Waals surface area contributed by atoms with E-state index in [1.54, 1.807) is 0 Å². The molecule has 0 aromatic rings. The van der Waals surface area contributed by atoms with Gasteiger partial charge in [0.25, 0.3) is 0 Å². The molecule has 3 rings (SSSR count). The Morgan fingerprint density at radius 2 is 1.91 bits per heavy atom. The summed E-state index contributed by atoms with van der Waals surface area (Å²) in [4.78, 5) is 13.8. The number of amides is 1. The van der Waals surface area contributed by atoms with Crippen LogP contribution in [0, 0.1) is 29.1 Å². The van der Waals surface area contributed by atoms with Crippen molar-refractivity contribution in [2.75, 3.05) is 5.75 Å². The molecule has 2 unspecified atom stereocenters. The lowest BCUT2D eigenvalue weighted by Crippen LogP contribution is -2.51. The summed E-state index contributed by atoms with van der Waals surface area (Å²) >= 11 is 0. The highest BCUT2D eigenvalue weighted by molar-refractivity contribution is 7.90. The molecule has 3 aliphatic rings. The Morgan fingerprint density at radius 1 is 1.28 bits per heavy atom. The molecule has 1 amide bonds. The maximum Gasteiger partial charge on any atom is 0.241 e. The van der Waals surface area contributed by atoms with Crippen LogP contribution in [-0.2, 0) is 19.2 Å². The third-order valence-corrected chi connectivity index (χ3v) is 15.6. The summed E-state index contributed by atoms with van der Waals surface area (Å²) in [5, 5.41) is 0.0149. The minimum absolute atomic E-state index is 0.0149. The molecule has 2 aliphatic carbocycles. The molecule has 1 spiro atoms. The van der Waals surface area contributed by atoms with Crippen molar-refractivity contribution in [3.63, 3.8) is 0 Å². The summed E-state index contributed by atoms with van der Waals surface area (Å²) in [6.07, 6.45) is 5.85. The van der Waals surface area contributed by atoms with Crippen molar-refractivity contribution in [2.45, 2.75) is 104 Å². The first kappa shape index (κ1) is 26.0. The zero-order valence-corrected chi connectivity index (χ0v) is 23.3. The molecule has 184 valence electrons. The molecular weight excluding hydrogens is 438 g/mol. The molecule has 2 bridgehead atoms. The third kappa shape index (κ3) is 4.15. The molecule has 2 saturated carbocycles. The smallest absolute Gasteiger partial charge is 0.241 e. The lowest BCUT2D eigenvalue weighted by molar-refractivity contribution is -0.135. The Balaban J connectivity index is 1.90. The number of hydrogen-bond donors (Lipinski definition) is 0. The second-order valence-corrected chi connectivity index (χ2v) is 19.1. The van der Waals surface area contributed by atoms with E-state index in [1.165, 1.54) is 4.31 Å². The quantitative estimate of drug-likeness (QED) is 0.333. The maximum absolute atomic E-state index is 13.8. The minimum Gasteiger partial charge on any atom is -0.413 e. The maximum atomic E-state index is 13.8. The Kier molecular flexibility index (Phi) is 6.91. The number of sulfonamides is 1. The second kappa shape index (κ2) is 8.53. The van der Waals surface area contributed by atoms with Gasteiger partial charge >= 0.3 is 0 Å². The predicted molar refractivity (Wildman–Crippen MR) is 133 cm³/mol. The molecule has 0 aromatic heterocycles. The number of fused-ring (bicyclic) bond motifs is 1. The van der Waals surface area contributed by atoms with Crippen molar-refractivity contribution in [3.8, 4) is 0 Å². The zero-order valence-electron chi connectivity index (χ0n) is 21.5. The highest BCUT2D eigenvalue weighted by atomic mass is 32.2. The van der Waals surface area contributed by atoms with E-state index in [-0.39, 0.29) is 34.3 Å². The Labute approximate surface area is 197 Å². The SMILES string of the molecule is C=CCC[C@@H](O[Si](C)(C)C(C)(C)C)[C@@H](C)C(=O)N1[C@H]2CC3CC[C@@]2(CS1(=O)=O)C3C(C)C. The van der Waals surface area contributed by atoms with E-state index in [0.29, 0.717) is 24.2 Å². The van der Waals surface area contributed by atoms with E-state index in [1.807, 2.05) is 13.0 Å². The molecule has 7 heteroatoms. The average molecular weight is 484 g/mol. The van der Waals surface area contributed by atoms with E-state index in [0.717, 1.165) is 25.7 Å². The standard InChI is InChI=1S/C25H45NO4SSi/c1-10-11-12-20(30-32(8,9)24(5,6)7)18(4)23(27)26-21-15-19-13-14-25(21,16-31(26,28)29)22(19)17(2)3/h10,17-22H,1,11-16H2,2-9H3/t18-,19?,20-,21+,22?,25+/m1/s1. The molecule has 0 aromatic carbocycles. The van der Waals surface area contributed by atoms with Crippen LogP contribution >= 0.6 is 0 Å². The third-order valence-electron chi connectivity index (χ3n) is 9.17. The van der Waals surface area contributed by atoms with Gasteiger partial charge in [0.1, 0.15) is 0 Å². The van der Waals surface area contributed by atoms with Gasteiger partial charge in [-0.1, -0.05) is 47.6 Å². The van der Waals surface area contributed by atoms with E-state index in [9.17, 15) is 13.2 Å². The lowest BCUT2D eigenvalue weighted by Gasteiger charge is -2.41. The fourth-order valence-corrected chi connectivity index (χ4v) is 10.7. The number of carbonyl (C=O) groups excluding carboxylic acids is 1.